The zero-order valence-electron chi connectivity index (χ0n) is 19.6. The number of amides is 2. The van der Waals surface area contributed by atoms with Crippen molar-refractivity contribution in [2.45, 2.75) is 37.6 Å². The number of aliphatic carboxylic acids is 1. The van der Waals surface area contributed by atoms with Gasteiger partial charge in [-0.3, -0.25) is 9.59 Å². The molecule has 3 fully saturated rings. The van der Waals surface area contributed by atoms with Gasteiger partial charge in [-0.1, -0.05) is 55.0 Å². The molecule has 2 N–H and O–H groups in total. The Kier molecular flexibility index (Phi) is 5.50. The van der Waals surface area contributed by atoms with Crippen molar-refractivity contribution in [1.82, 2.24) is 10.2 Å². The molecule has 4 atom stereocenters. The minimum atomic E-state index is -0.762. The molecule has 2 aromatic carbocycles. The van der Waals surface area contributed by atoms with E-state index in [0.717, 1.165) is 36.8 Å². The van der Waals surface area contributed by atoms with Crippen molar-refractivity contribution in [3.63, 3.8) is 0 Å². The van der Waals surface area contributed by atoms with Gasteiger partial charge in [0.2, 0.25) is 5.91 Å². The number of fused-ring (bicyclic) bond motifs is 4. The van der Waals surface area contributed by atoms with Gasteiger partial charge < -0.3 is 20.1 Å². The number of nitrogens with zero attached hydrogens (tertiary/aromatic N) is 1. The van der Waals surface area contributed by atoms with Crippen LogP contribution in [0, 0.1) is 23.7 Å². The van der Waals surface area contributed by atoms with Crippen molar-refractivity contribution in [2.24, 2.45) is 23.7 Å². The van der Waals surface area contributed by atoms with Crippen LogP contribution < -0.4 is 5.32 Å². The fourth-order valence-corrected chi connectivity index (χ4v) is 6.42. The number of hydrogen-bond donors (Lipinski definition) is 2. The predicted molar refractivity (Wildman–Crippen MR) is 129 cm³/mol. The molecule has 0 radical (unpaired) electrons. The van der Waals surface area contributed by atoms with Crippen LogP contribution in [-0.4, -0.2) is 53.7 Å². The molecule has 2 unspecified atom stereocenters. The van der Waals surface area contributed by atoms with E-state index in [1.807, 2.05) is 24.3 Å². The number of piperidine rings is 1. The average molecular weight is 475 g/mol. The molecule has 1 saturated heterocycles. The van der Waals surface area contributed by atoms with Crippen molar-refractivity contribution in [3.05, 3.63) is 59.7 Å². The third-order valence-electron chi connectivity index (χ3n) is 8.60. The first-order chi connectivity index (χ1) is 17.0. The lowest BCUT2D eigenvalue weighted by Gasteiger charge is -2.37. The molecular weight excluding hydrogens is 444 g/mol. The Morgan fingerprint density at radius 1 is 0.971 bits per heavy atom. The summed E-state index contributed by atoms with van der Waals surface area (Å²) in [5.41, 5.74) is 4.63. The lowest BCUT2D eigenvalue weighted by atomic mass is 9.79. The van der Waals surface area contributed by atoms with Crippen LogP contribution in [0.2, 0.25) is 0 Å². The number of carboxylic acid groups (broad SMARTS) is 1. The van der Waals surface area contributed by atoms with E-state index in [4.69, 9.17) is 4.74 Å². The highest BCUT2D eigenvalue weighted by Gasteiger charge is 2.58. The molecule has 3 aliphatic carbocycles. The van der Waals surface area contributed by atoms with Gasteiger partial charge in [0.1, 0.15) is 12.6 Å². The SMILES string of the molecule is O=C(NC(C(=O)N1CC[C@H]2C(C(=O)O)[C@H]2C1)C1CCC1)OCC1c2ccccc2-c2ccccc21. The van der Waals surface area contributed by atoms with Crippen molar-refractivity contribution < 1.29 is 24.2 Å². The first-order valence-corrected chi connectivity index (χ1v) is 12.7. The summed E-state index contributed by atoms with van der Waals surface area (Å²) in [6.07, 6.45) is 3.00. The Morgan fingerprint density at radius 3 is 2.23 bits per heavy atom. The molecule has 4 aliphatic rings. The van der Waals surface area contributed by atoms with Gasteiger partial charge in [0, 0.05) is 19.0 Å². The zero-order valence-corrected chi connectivity index (χ0v) is 19.6. The van der Waals surface area contributed by atoms with Gasteiger partial charge in [0.25, 0.3) is 0 Å². The lowest BCUT2D eigenvalue weighted by Crippen LogP contribution is -2.55. The number of hydrogen-bond acceptors (Lipinski definition) is 4. The maximum absolute atomic E-state index is 13.4. The zero-order chi connectivity index (χ0) is 24.1. The fourth-order valence-electron chi connectivity index (χ4n) is 6.42. The Labute approximate surface area is 204 Å². The third-order valence-corrected chi connectivity index (χ3v) is 8.60. The Balaban J connectivity index is 1.11. The van der Waals surface area contributed by atoms with Crippen LogP contribution in [0.5, 0.6) is 0 Å². The van der Waals surface area contributed by atoms with Crippen LogP contribution in [0.4, 0.5) is 4.79 Å². The van der Waals surface area contributed by atoms with Crippen LogP contribution in [0.25, 0.3) is 11.1 Å². The van der Waals surface area contributed by atoms with E-state index in [2.05, 4.69) is 29.6 Å². The first-order valence-electron chi connectivity index (χ1n) is 12.7. The summed E-state index contributed by atoms with van der Waals surface area (Å²) >= 11 is 0. The molecule has 2 saturated carbocycles. The number of likely N-dealkylation sites (tertiary alicyclic amines) is 1. The maximum Gasteiger partial charge on any atom is 0.407 e. The van der Waals surface area contributed by atoms with E-state index in [-0.39, 0.29) is 42.1 Å². The molecule has 7 heteroatoms. The van der Waals surface area contributed by atoms with E-state index in [1.165, 1.54) is 11.1 Å². The van der Waals surface area contributed by atoms with Crippen molar-refractivity contribution in [1.29, 1.82) is 0 Å². The van der Waals surface area contributed by atoms with E-state index < -0.39 is 18.1 Å². The number of carbonyl (C=O) groups is 3. The molecular formula is C28H30N2O5. The number of ether oxygens (including phenoxy) is 1. The minimum absolute atomic E-state index is 0.0344. The van der Waals surface area contributed by atoms with Gasteiger partial charge in [-0.05, 0) is 59.3 Å². The molecule has 2 amide bonds. The fraction of sp³-hybridized carbons (Fsp3) is 0.464. The Hall–Kier alpha value is -3.35. The second-order valence-electron chi connectivity index (χ2n) is 10.4. The smallest absolute Gasteiger partial charge is 0.407 e. The summed E-state index contributed by atoms with van der Waals surface area (Å²) in [6, 6.07) is 15.8. The highest BCUT2D eigenvalue weighted by atomic mass is 16.5. The Morgan fingerprint density at radius 2 is 1.63 bits per heavy atom. The highest BCUT2D eigenvalue weighted by Crippen LogP contribution is 2.52. The standard InChI is InChI=1S/C28H30N2O5/c31-26(30-13-12-21-22(14-30)24(21)27(32)33)25(16-6-5-7-16)29-28(34)35-15-23-19-10-3-1-8-17(19)18-9-2-4-11-20(18)23/h1-4,8-11,16,21-25H,5-7,12-15H2,(H,29,34)(H,32,33)/t21-,22+,24?,25?/m1/s1. The molecule has 182 valence electrons. The number of alkyl carbamates (subject to hydrolysis) is 1. The summed E-state index contributed by atoms with van der Waals surface area (Å²) in [7, 11) is 0. The second-order valence-corrected chi connectivity index (χ2v) is 10.4. The third kappa shape index (κ3) is 3.87. The summed E-state index contributed by atoms with van der Waals surface area (Å²) in [5, 5.41) is 12.2. The summed E-state index contributed by atoms with van der Waals surface area (Å²) in [5.74, 6) is -0.886. The highest BCUT2D eigenvalue weighted by molar-refractivity contribution is 5.87. The minimum Gasteiger partial charge on any atom is -0.481 e. The largest absolute Gasteiger partial charge is 0.481 e. The molecule has 0 spiro atoms. The number of nitrogens with one attached hydrogen (secondary N) is 1. The Bertz CT molecular complexity index is 1130. The molecule has 0 bridgehead atoms. The van der Waals surface area contributed by atoms with Gasteiger partial charge in [-0.2, -0.15) is 0 Å². The van der Waals surface area contributed by atoms with Crippen LogP contribution in [-0.2, 0) is 14.3 Å². The van der Waals surface area contributed by atoms with Gasteiger partial charge in [0.15, 0.2) is 0 Å². The van der Waals surface area contributed by atoms with Gasteiger partial charge in [-0.25, -0.2) is 4.79 Å². The van der Waals surface area contributed by atoms with E-state index in [1.54, 1.807) is 4.90 Å². The van der Waals surface area contributed by atoms with Crippen molar-refractivity contribution in [2.75, 3.05) is 19.7 Å². The normalized spacial score (nSPS) is 25.5. The maximum atomic E-state index is 13.4. The van der Waals surface area contributed by atoms with Crippen LogP contribution in [0.15, 0.2) is 48.5 Å². The second kappa shape index (κ2) is 8.70. The first kappa shape index (κ1) is 22.1. The van der Waals surface area contributed by atoms with Gasteiger partial charge in [-0.15, -0.1) is 0 Å². The number of benzene rings is 2. The van der Waals surface area contributed by atoms with E-state index in [9.17, 15) is 19.5 Å². The quantitative estimate of drug-likeness (QED) is 0.663. The van der Waals surface area contributed by atoms with Gasteiger partial charge in [0.05, 0.1) is 5.92 Å². The van der Waals surface area contributed by atoms with Gasteiger partial charge >= 0.3 is 12.1 Å². The monoisotopic (exact) mass is 474 g/mol. The summed E-state index contributed by atoms with van der Waals surface area (Å²) in [4.78, 5) is 39.5. The molecule has 2 aromatic rings. The van der Waals surface area contributed by atoms with E-state index in [0.29, 0.717) is 13.1 Å². The van der Waals surface area contributed by atoms with Crippen LogP contribution in [0.1, 0.15) is 42.7 Å². The number of rotatable bonds is 6. The average Bonchev–Trinajstić information content (AvgIpc) is 3.48. The van der Waals surface area contributed by atoms with Crippen LogP contribution in [0.3, 0.4) is 0 Å². The van der Waals surface area contributed by atoms with E-state index >= 15 is 0 Å². The molecule has 35 heavy (non-hydrogen) atoms. The topological polar surface area (TPSA) is 95.9 Å². The molecule has 1 aliphatic heterocycles. The molecule has 1 heterocycles. The number of carboxylic acids is 1. The molecule has 7 nitrogen and oxygen atoms in total. The predicted octanol–water partition coefficient (Wildman–Crippen LogP) is 3.87. The molecule has 0 aromatic heterocycles. The summed E-state index contributed by atoms with van der Waals surface area (Å²) in [6.45, 7) is 1.23. The van der Waals surface area contributed by atoms with Crippen molar-refractivity contribution >= 4 is 18.0 Å². The van der Waals surface area contributed by atoms with Crippen molar-refractivity contribution in [3.8, 4) is 11.1 Å². The summed E-state index contributed by atoms with van der Waals surface area (Å²) < 4.78 is 5.71. The van der Waals surface area contributed by atoms with Crippen LogP contribution >= 0.6 is 0 Å². The number of carbonyl (C=O) groups excluding carboxylic acids is 2. The molecule has 6 rings (SSSR count). The lowest BCUT2D eigenvalue weighted by molar-refractivity contribution is -0.140.